The lowest BCUT2D eigenvalue weighted by Gasteiger charge is -2.09. The molecule has 1 aromatic carbocycles. The number of hydrogen-bond donors (Lipinski definition) is 1. The Labute approximate surface area is 112 Å². The van der Waals surface area contributed by atoms with Crippen LogP contribution in [0.25, 0.3) is 0 Å². The smallest absolute Gasteiger partial charge is 0.146 e. The molecule has 0 aliphatic rings. The van der Waals surface area contributed by atoms with Crippen molar-refractivity contribution >= 4 is 27.4 Å². The Morgan fingerprint density at radius 3 is 2.72 bits per heavy atom. The minimum absolute atomic E-state index is 0.305. The first-order valence-electron chi connectivity index (χ1n) is 5.20. The van der Waals surface area contributed by atoms with E-state index in [1.807, 2.05) is 0 Å². The molecular weight excluding hydrogens is 301 g/mol. The summed E-state index contributed by atoms with van der Waals surface area (Å²) in [7, 11) is 1.53. The van der Waals surface area contributed by atoms with Gasteiger partial charge in [-0.05, 0) is 35.0 Å². The van der Waals surface area contributed by atoms with Crippen LogP contribution >= 0.6 is 15.9 Å². The summed E-state index contributed by atoms with van der Waals surface area (Å²) in [5.74, 6) is 1.31. The van der Waals surface area contributed by atoms with Gasteiger partial charge in [0.25, 0.3) is 0 Å². The van der Waals surface area contributed by atoms with Gasteiger partial charge in [-0.3, -0.25) is 0 Å². The molecule has 1 aromatic heterocycles. The van der Waals surface area contributed by atoms with E-state index in [0.717, 1.165) is 0 Å². The van der Waals surface area contributed by atoms with Gasteiger partial charge in [0.15, 0.2) is 0 Å². The van der Waals surface area contributed by atoms with Crippen molar-refractivity contribution < 1.29 is 9.13 Å². The number of hydrogen-bond acceptors (Lipinski definition) is 4. The van der Waals surface area contributed by atoms with Crippen molar-refractivity contribution in [3.8, 4) is 5.75 Å². The van der Waals surface area contributed by atoms with E-state index in [1.165, 1.54) is 13.2 Å². The third kappa shape index (κ3) is 2.95. The van der Waals surface area contributed by atoms with Gasteiger partial charge in [0.1, 0.15) is 27.8 Å². The summed E-state index contributed by atoms with van der Waals surface area (Å²) < 4.78 is 19.3. The number of aryl methyl sites for hydroxylation is 1. The molecule has 0 spiro atoms. The number of anilines is 2. The van der Waals surface area contributed by atoms with E-state index >= 15 is 0 Å². The minimum atomic E-state index is -0.372. The number of ether oxygens (including phenoxy) is 1. The minimum Gasteiger partial charge on any atom is -0.497 e. The molecular formula is C12H11BrFN3O. The molecule has 1 heterocycles. The van der Waals surface area contributed by atoms with Crippen LogP contribution in [-0.4, -0.2) is 17.1 Å². The maximum Gasteiger partial charge on any atom is 0.146 e. The molecule has 0 bridgehead atoms. The van der Waals surface area contributed by atoms with Crippen LogP contribution in [0.4, 0.5) is 15.9 Å². The molecule has 0 saturated carbocycles. The Hall–Kier alpha value is -1.69. The standard InChI is InChI=1S/C12H11BrFN3O/c1-7-15-11(13)6-12(16-7)17-10-5-8(18-2)3-4-9(10)14/h3-6H,1-2H3,(H,15,16,17). The second kappa shape index (κ2) is 5.30. The highest BCUT2D eigenvalue weighted by atomic mass is 79.9. The van der Waals surface area contributed by atoms with E-state index in [2.05, 4.69) is 31.2 Å². The Balaban J connectivity index is 2.33. The molecule has 0 radical (unpaired) electrons. The van der Waals surface area contributed by atoms with E-state index in [-0.39, 0.29) is 5.82 Å². The predicted octanol–water partition coefficient (Wildman–Crippen LogP) is 3.44. The molecule has 0 atom stereocenters. The number of nitrogens with zero attached hydrogens (tertiary/aromatic N) is 2. The summed E-state index contributed by atoms with van der Waals surface area (Å²) in [5.41, 5.74) is 0.305. The molecule has 0 amide bonds. The second-order valence-electron chi connectivity index (χ2n) is 3.59. The number of aromatic nitrogens is 2. The van der Waals surface area contributed by atoms with E-state index in [9.17, 15) is 4.39 Å². The summed E-state index contributed by atoms with van der Waals surface area (Å²) in [6.07, 6.45) is 0. The van der Waals surface area contributed by atoms with Gasteiger partial charge >= 0.3 is 0 Å². The lowest BCUT2D eigenvalue weighted by atomic mass is 10.3. The summed E-state index contributed by atoms with van der Waals surface area (Å²) in [5, 5.41) is 2.89. The van der Waals surface area contributed by atoms with Gasteiger partial charge in [-0.25, -0.2) is 14.4 Å². The van der Waals surface area contributed by atoms with Crippen molar-refractivity contribution in [1.29, 1.82) is 0 Å². The number of nitrogens with one attached hydrogen (secondary N) is 1. The zero-order chi connectivity index (χ0) is 13.1. The molecule has 0 fully saturated rings. The quantitative estimate of drug-likeness (QED) is 0.882. The van der Waals surface area contributed by atoms with Crippen LogP contribution < -0.4 is 10.1 Å². The highest BCUT2D eigenvalue weighted by Gasteiger charge is 2.06. The number of benzene rings is 1. The fraction of sp³-hybridized carbons (Fsp3) is 0.167. The first-order chi connectivity index (χ1) is 8.58. The average molecular weight is 312 g/mol. The Morgan fingerprint density at radius 1 is 1.28 bits per heavy atom. The monoisotopic (exact) mass is 311 g/mol. The maximum atomic E-state index is 13.6. The lowest BCUT2D eigenvalue weighted by Crippen LogP contribution is -1.99. The lowest BCUT2D eigenvalue weighted by molar-refractivity contribution is 0.414. The topological polar surface area (TPSA) is 47.0 Å². The third-order valence-electron chi connectivity index (χ3n) is 2.24. The van der Waals surface area contributed by atoms with Crippen LogP contribution in [0, 0.1) is 12.7 Å². The van der Waals surface area contributed by atoms with Gasteiger partial charge in [0.2, 0.25) is 0 Å². The van der Waals surface area contributed by atoms with Crippen molar-refractivity contribution in [1.82, 2.24) is 9.97 Å². The Bertz CT molecular complexity index is 557. The summed E-state index contributed by atoms with van der Waals surface area (Å²) >= 11 is 3.26. The van der Waals surface area contributed by atoms with Gasteiger partial charge in [0.05, 0.1) is 12.8 Å². The zero-order valence-corrected chi connectivity index (χ0v) is 11.5. The molecule has 0 aliphatic carbocycles. The second-order valence-corrected chi connectivity index (χ2v) is 4.41. The maximum absolute atomic E-state index is 13.6. The van der Waals surface area contributed by atoms with Crippen molar-refractivity contribution in [2.24, 2.45) is 0 Å². The van der Waals surface area contributed by atoms with Crippen LogP contribution in [0.2, 0.25) is 0 Å². The predicted molar refractivity (Wildman–Crippen MR) is 70.7 cm³/mol. The Kier molecular flexibility index (Phi) is 3.76. The van der Waals surface area contributed by atoms with Crippen molar-refractivity contribution in [2.75, 3.05) is 12.4 Å². The van der Waals surface area contributed by atoms with Gasteiger partial charge in [-0.2, -0.15) is 0 Å². The number of halogens is 2. The summed E-state index contributed by atoms with van der Waals surface area (Å²) in [6.45, 7) is 1.76. The Morgan fingerprint density at radius 2 is 2.06 bits per heavy atom. The molecule has 2 rings (SSSR count). The molecule has 4 nitrogen and oxygen atoms in total. The summed E-state index contributed by atoms with van der Waals surface area (Å²) in [6, 6.07) is 6.14. The van der Waals surface area contributed by atoms with Crippen molar-refractivity contribution in [3.05, 3.63) is 40.5 Å². The SMILES string of the molecule is COc1ccc(F)c(Nc2cc(Br)nc(C)n2)c1. The molecule has 18 heavy (non-hydrogen) atoms. The third-order valence-corrected chi connectivity index (χ3v) is 2.65. The molecule has 0 aliphatic heterocycles. The van der Waals surface area contributed by atoms with Gasteiger partial charge in [-0.1, -0.05) is 0 Å². The van der Waals surface area contributed by atoms with Gasteiger partial charge < -0.3 is 10.1 Å². The van der Waals surface area contributed by atoms with E-state index in [1.54, 1.807) is 25.1 Å². The van der Waals surface area contributed by atoms with Crippen LogP contribution in [0.3, 0.4) is 0 Å². The van der Waals surface area contributed by atoms with E-state index in [4.69, 9.17) is 4.74 Å². The van der Waals surface area contributed by atoms with Crippen LogP contribution in [0.15, 0.2) is 28.9 Å². The van der Waals surface area contributed by atoms with E-state index in [0.29, 0.717) is 27.7 Å². The molecule has 2 aromatic rings. The molecule has 94 valence electrons. The molecule has 0 unspecified atom stereocenters. The first kappa shape index (κ1) is 12.8. The fourth-order valence-electron chi connectivity index (χ4n) is 1.46. The average Bonchev–Trinajstić information content (AvgIpc) is 2.30. The fourth-order valence-corrected chi connectivity index (χ4v) is 1.93. The highest BCUT2D eigenvalue weighted by molar-refractivity contribution is 9.10. The van der Waals surface area contributed by atoms with Crippen LogP contribution in [0.1, 0.15) is 5.82 Å². The first-order valence-corrected chi connectivity index (χ1v) is 5.99. The van der Waals surface area contributed by atoms with Crippen LogP contribution in [0.5, 0.6) is 5.75 Å². The zero-order valence-electron chi connectivity index (χ0n) is 9.87. The normalized spacial score (nSPS) is 10.2. The molecule has 1 N–H and O–H groups in total. The largest absolute Gasteiger partial charge is 0.497 e. The molecule has 0 saturated heterocycles. The van der Waals surface area contributed by atoms with E-state index < -0.39 is 0 Å². The highest BCUT2D eigenvalue weighted by Crippen LogP contribution is 2.24. The number of methoxy groups -OCH3 is 1. The van der Waals surface area contributed by atoms with Gasteiger partial charge in [0, 0.05) is 12.1 Å². The van der Waals surface area contributed by atoms with Crippen molar-refractivity contribution in [2.45, 2.75) is 6.92 Å². The number of rotatable bonds is 3. The summed E-state index contributed by atoms with van der Waals surface area (Å²) in [4.78, 5) is 8.25. The van der Waals surface area contributed by atoms with Crippen molar-refractivity contribution in [3.63, 3.8) is 0 Å². The molecule has 6 heteroatoms. The van der Waals surface area contributed by atoms with Gasteiger partial charge in [-0.15, -0.1) is 0 Å². The van der Waals surface area contributed by atoms with Crippen LogP contribution in [-0.2, 0) is 0 Å².